The molecule has 1 unspecified atom stereocenters. The molecule has 6 nitrogen and oxygen atoms in total. The van der Waals surface area contributed by atoms with E-state index in [4.69, 9.17) is 17.3 Å². The summed E-state index contributed by atoms with van der Waals surface area (Å²) in [5, 5.41) is -0.0254. The molecule has 1 aliphatic rings. The van der Waals surface area contributed by atoms with Gasteiger partial charge in [0, 0.05) is 12.6 Å². The zero-order chi connectivity index (χ0) is 17.0. The largest absolute Gasteiger partial charge is 0.465 e. The van der Waals surface area contributed by atoms with Crippen LogP contribution >= 0.6 is 24.0 Å². The SMILES string of the molecule is COC(=O)c1ccc(S(=O)(=O)NC(CN)C2CCCC2)c(Cl)c1.Cl. The van der Waals surface area contributed by atoms with Crippen molar-refractivity contribution in [2.45, 2.75) is 36.6 Å². The number of hydrogen-bond donors (Lipinski definition) is 2. The van der Waals surface area contributed by atoms with Crippen molar-refractivity contribution in [2.24, 2.45) is 11.7 Å². The molecule has 0 aliphatic heterocycles. The highest BCUT2D eigenvalue weighted by molar-refractivity contribution is 7.89. The van der Waals surface area contributed by atoms with E-state index in [2.05, 4.69) is 9.46 Å². The Balaban J connectivity index is 0.00000288. The zero-order valence-corrected chi connectivity index (χ0v) is 15.7. The number of hydrogen-bond acceptors (Lipinski definition) is 5. The molecule has 1 aromatic carbocycles. The number of nitrogens with one attached hydrogen (secondary N) is 1. The number of halogens is 2. The maximum atomic E-state index is 12.6. The molecule has 0 bridgehead atoms. The van der Waals surface area contributed by atoms with Crippen LogP contribution < -0.4 is 10.5 Å². The predicted molar refractivity (Wildman–Crippen MR) is 95.2 cm³/mol. The van der Waals surface area contributed by atoms with Crippen LogP contribution in [0.3, 0.4) is 0 Å². The highest BCUT2D eigenvalue weighted by atomic mass is 35.5. The Morgan fingerprint density at radius 2 is 2.04 bits per heavy atom. The quantitative estimate of drug-likeness (QED) is 0.718. The molecule has 2 rings (SSSR count). The maximum absolute atomic E-state index is 12.6. The molecule has 0 amide bonds. The molecule has 1 aliphatic carbocycles. The number of rotatable bonds is 6. The third-order valence-corrected chi connectivity index (χ3v) is 6.14. The highest BCUT2D eigenvalue weighted by Gasteiger charge is 2.29. The van der Waals surface area contributed by atoms with Crippen LogP contribution in [0.5, 0.6) is 0 Å². The molecule has 0 heterocycles. The molecule has 1 fully saturated rings. The summed E-state index contributed by atoms with van der Waals surface area (Å²) in [6.07, 6.45) is 4.13. The Morgan fingerprint density at radius 3 is 2.54 bits per heavy atom. The first kappa shape index (κ1) is 21.2. The average Bonchev–Trinajstić information content (AvgIpc) is 3.05. The van der Waals surface area contributed by atoms with Crippen molar-refractivity contribution < 1.29 is 17.9 Å². The molecular weight excluding hydrogens is 375 g/mol. The number of carbonyl (C=O) groups excluding carboxylic acids is 1. The molecule has 3 N–H and O–H groups in total. The molecule has 1 atom stereocenters. The second-order valence-corrected chi connectivity index (χ2v) is 7.73. The Hall–Kier alpha value is -0.860. The molecule has 0 spiro atoms. The highest BCUT2D eigenvalue weighted by Crippen LogP contribution is 2.29. The van der Waals surface area contributed by atoms with E-state index < -0.39 is 16.0 Å². The van der Waals surface area contributed by atoms with Crippen molar-refractivity contribution >= 4 is 40.0 Å². The molecule has 0 aromatic heterocycles. The van der Waals surface area contributed by atoms with Crippen LogP contribution in [0.1, 0.15) is 36.0 Å². The Bertz CT molecular complexity index is 676. The van der Waals surface area contributed by atoms with Crippen LogP contribution in [-0.4, -0.2) is 34.1 Å². The topological polar surface area (TPSA) is 98.5 Å². The predicted octanol–water partition coefficient (Wildman–Crippen LogP) is 2.34. The van der Waals surface area contributed by atoms with E-state index in [1.54, 1.807) is 0 Å². The summed E-state index contributed by atoms with van der Waals surface area (Å²) in [5.41, 5.74) is 5.93. The number of benzene rings is 1. The molecule has 1 aromatic rings. The van der Waals surface area contributed by atoms with E-state index in [-0.39, 0.29) is 46.4 Å². The standard InChI is InChI=1S/C15H21ClN2O4S.ClH/c1-22-15(19)11-6-7-14(12(16)8-11)23(20,21)18-13(9-17)10-4-2-3-5-10;/h6-8,10,13,18H,2-5,9,17H2,1H3;1H. The van der Waals surface area contributed by atoms with Crippen molar-refractivity contribution in [1.82, 2.24) is 4.72 Å². The van der Waals surface area contributed by atoms with Crippen molar-refractivity contribution in [3.8, 4) is 0 Å². The van der Waals surface area contributed by atoms with E-state index in [1.165, 1.54) is 25.3 Å². The van der Waals surface area contributed by atoms with Gasteiger partial charge in [0.25, 0.3) is 0 Å². The van der Waals surface area contributed by atoms with Gasteiger partial charge in [-0.15, -0.1) is 12.4 Å². The second-order valence-electron chi connectivity index (χ2n) is 5.64. The van der Waals surface area contributed by atoms with Gasteiger partial charge >= 0.3 is 5.97 Å². The van der Waals surface area contributed by atoms with Gasteiger partial charge in [-0.3, -0.25) is 0 Å². The van der Waals surface area contributed by atoms with Gasteiger partial charge in [0.05, 0.1) is 17.7 Å². The fourth-order valence-corrected chi connectivity index (χ4v) is 4.79. The second kappa shape index (κ2) is 9.01. The Morgan fingerprint density at radius 1 is 1.42 bits per heavy atom. The zero-order valence-electron chi connectivity index (χ0n) is 13.3. The summed E-state index contributed by atoms with van der Waals surface area (Å²) in [4.78, 5) is 11.4. The van der Waals surface area contributed by atoms with Gasteiger partial charge in [0.1, 0.15) is 4.90 Å². The van der Waals surface area contributed by atoms with E-state index in [1.807, 2.05) is 0 Å². The van der Waals surface area contributed by atoms with Gasteiger partial charge in [-0.2, -0.15) is 0 Å². The van der Waals surface area contributed by atoms with Crippen LogP contribution in [0.25, 0.3) is 0 Å². The van der Waals surface area contributed by atoms with Gasteiger partial charge in [0.2, 0.25) is 10.0 Å². The lowest BCUT2D eigenvalue weighted by Gasteiger charge is -2.23. The van der Waals surface area contributed by atoms with Gasteiger partial charge in [0.15, 0.2) is 0 Å². The van der Waals surface area contributed by atoms with Crippen molar-refractivity contribution in [1.29, 1.82) is 0 Å². The minimum Gasteiger partial charge on any atom is -0.465 e. The number of methoxy groups -OCH3 is 1. The van der Waals surface area contributed by atoms with Gasteiger partial charge in [-0.1, -0.05) is 24.4 Å². The minimum absolute atomic E-state index is 0. The average molecular weight is 397 g/mol. The monoisotopic (exact) mass is 396 g/mol. The number of ether oxygens (including phenoxy) is 1. The molecule has 0 radical (unpaired) electrons. The lowest BCUT2D eigenvalue weighted by molar-refractivity contribution is 0.0600. The normalized spacial score (nSPS) is 16.5. The number of carbonyl (C=O) groups is 1. The summed E-state index contributed by atoms with van der Waals surface area (Å²) in [6, 6.07) is 3.66. The summed E-state index contributed by atoms with van der Waals surface area (Å²) in [5.74, 6) is -0.322. The maximum Gasteiger partial charge on any atom is 0.337 e. The van der Waals surface area contributed by atoms with Gasteiger partial charge < -0.3 is 10.5 Å². The first-order valence-corrected chi connectivity index (χ1v) is 9.35. The van der Waals surface area contributed by atoms with Gasteiger partial charge in [-0.25, -0.2) is 17.9 Å². The van der Waals surface area contributed by atoms with Crippen LogP contribution in [0.2, 0.25) is 5.02 Å². The number of esters is 1. The first-order chi connectivity index (χ1) is 10.9. The molecule has 1 saturated carbocycles. The van der Waals surface area contributed by atoms with Crippen LogP contribution in [0.15, 0.2) is 23.1 Å². The lowest BCUT2D eigenvalue weighted by Crippen LogP contribution is -2.44. The van der Waals surface area contributed by atoms with Crippen molar-refractivity contribution in [2.75, 3.05) is 13.7 Å². The van der Waals surface area contributed by atoms with Crippen LogP contribution in [-0.2, 0) is 14.8 Å². The summed E-state index contributed by atoms with van der Waals surface area (Å²) in [6.45, 7) is 0.238. The lowest BCUT2D eigenvalue weighted by atomic mass is 9.99. The minimum atomic E-state index is -3.80. The fraction of sp³-hybridized carbons (Fsp3) is 0.533. The number of sulfonamides is 1. The summed E-state index contributed by atoms with van der Waals surface area (Å²) in [7, 11) is -2.56. The molecular formula is C15H22Cl2N2O4S. The molecule has 0 saturated heterocycles. The van der Waals surface area contributed by atoms with Gasteiger partial charge in [-0.05, 0) is 37.0 Å². The van der Waals surface area contributed by atoms with E-state index in [0.717, 1.165) is 25.7 Å². The smallest absolute Gasteiger partial charge is 0.337 e. The molecule has 136 valence electrons. The van der Waals surface area contributed by atoms with Crippen molar-refractivity contribution in [3.05, 3.63) is 28.8 Å². The van der Waals surface area contributed by atoms with Crippen LogP contribution in [0, 0.1) is 5.92 Å². The first-order valence-electron chi connectivity index (χ1n) is 7.49. The van der Waals surface area contributed by atoms with Crippen molar-refractivity contribution in [3.63, 3.8) is 0 Å². The molecule has 24 heavy (non-hydrogen) atoms. The fourth-order valence-electron chi connectivity index (χ4n) is 2.92. The Labute approximate surface area is 153 Å². The third kappa shape index (κ3) is 4.83. The number of nitrogens with two attached hydrogens (primary N) is 1. The van der Waals surface area contributed by atoms with E-state index >= 15 is 0 Å². The Kier molecular flexibility index (Phi) is 7.95. The van der Waals surface area contributed by atoms with E-state index in [0.29, 0.717) is 0 Å². The summed E-state index contributed by atoms with van der Waals surface area (Å²) >= 11 is 6.04. The van der Waals surface area contributed by atoms with Crippen LogP contribution in [0.4, 0.5) is 0 Å². The van der Waals surface area contributed by atoms with E-state index in [9.17, 15) is 13.2 Å². The third-order valence-electron chi connectivity index (χ3n) is 4.17. The molecule has 9 heteroatoms. The summed E-state index contributed by atoms with van der Waals surface area (Å²) < 4.78 is 32.4.